The van der Waals surface area contributed by atoms with E-state index in [9.17, 15) is 4.79 Å². The van der Waals surface area contributed by atoms with Crippen molar-refractivity contribution in [1.29, 1.82) is 0 Å². The van der Waals surface area contributed by atoms with Crippen LogP contribution in [0.1, 0.15) is 45.0 Å². The van der Waals surface area contributed by atoms with Gasteiger partial charge in [0.1, 0.15) is 24.7 Å². The number of nitrogens with zero attached hydrogens (tertiary/aromatic N) is 3. The van der Waals surface area contributed by atoms with E-state index in [0.717, 1.165) is 48.5 Å². The Bertz CT molecular complexity index is 993. The lowest BCUT2D eigenvalue weighted by Crippen LogP contribution is -2.31. The number of hydrogen-bond acceptors (Lipinski definition) is 3. The average molecular weight is 392 g/mol. The summed E-state index contributed by atoms with van der Waals surface area (Å²) in [6.07, 6.45) is 2.19. The van der Waals surface area contributed by atoms with E-state index in [1.54, 1.807) is 0 Å². The topological polar surface area (TPSA) is 47.4 Å². The molecule has 1 amide bonds. The molecule has 0 atom stereocenters. The zero-order valence-corrected chi connectivity index (χ0v) is 17.5. The highest BCUT2D eigenvalue weighted by molar-refractivity contribution is 5.81. The molecule has 2 aromatic carbocycles. The highest BCUT2D eigenvalue weighted by Gasteiger charge is 2.21. The normalized spacial score (nSPS) is 14.5. The minimum absolute atomic E-state index is 0.114. The molecule has 5 nitrogen and oxygen atoms in total. The van der Waals surface area contributed by atoms with Gasteiger partial charge in [-0.15, -0.1) is 0 Å². The van der Waals surface area contributed by atoms with Gasteiger partial charge in [-0.3, -0.25) is 4.79 Å². The van der Waals surface area contributed by atoms with Crippen molar-refractivity contribution in [2.24, 2.45) is 0 Å². The molecule has 0 saturated carbocycles. The molecular formula is C24H29N3O2. The second kappa shape index (κ2) is 7.90. The fourth-order valence-corrected chi connectivity index (χ4v) is 3.81. The highest BCUT2D eigenvalue weighted by Crippen LogP contribution is 2.25. The molecular weight excluding hydrogens is 362 g/mol. The van der Waals surface area contributed by atoms with Gasteiger partial charge in [0.25, 0.3) is 0 Å². The molecule has 0 spiro atoms. The smallest absolute Gasteiger partial charge is 0.242 e. The van der Waals surface area contributed by atoms with Crippen molar-refractivity contribution < 1.29 is 9.53 Å². The summed E-state index contributed by atoms with van der Waals surface area (Å²) < 4.78 is 8.03. The monoisotopic (exact) mass is 391 g/mol. The van der Waals surface area contributed by atoms with Gasteiger partial charge in [-0.05, 0) is 48.1 Å². The van der Waals surface area contributed by atoms with Crippen LogP contribution in [-0.4, -0.2) is 33.4 Å². The molecule has 29 heavy (non-hydrogen) atoms. The Hall–Kier alpha value is -2.82. The predicted octanol–water partition coefficient (Wildman–Crippen LogP) is 4.54. The lowest BCUT2D eigenvalue weighted by atomic mass is 9.87. The van der Waals surface area contributed by atoms with Crippen molar-refractivity contribution in [2.75, 3.05) is 13.1 Å². The van der Waals surface area contributed by atoms with E-state index in [1.165, 1.54) is 5.56 Å². The van der Waals surface area contributed by atoms with Crippen molar-refractivity contribution in [3.63, 3.8) is 0 Å². The molecule has 1 aliphatic rings. The van der Waals surface area contributed by atoms with E-state index in [1.807, 2.05) is 45.9 Å². The summed E-state index contributed by atoms with van der Waals surface area (Å²) in [5, 5.41) is 0. The number of benzene rings is 2. The number of aromatic nitrogens is 2. The largest absolute Gasteiger partial charge is 0.486 e. The third kappa shape index (κ3) is 4.29. The first-order valence-corrected chi connectivity index (χ1v) is 10.4. The third-order valence-corrected chi connectivity index (χ3v) is 5.57. The van der Waals surface area contributed by atoms with Crippen LogP contribution in [0, 0.1) is 0 Å². The quantitative estimate of drug-likeness (QED) is 0.642. The average Bonchev–Trinajstić information content (AvgIpc) is 3.35. The number of hydrogen-bond donors (Lipinski definition) is 0. The summed E-state index contributed by atoms with van der Waals surface area (Å²) in [7, 11) is 0. The van der Waals surface area contributed by atoms with Crippen LogP contribution in [0.4, 0.5) is 0 Å². The summed E-state index contributed by atoms with van der Waals surface area (Å²) in [6.45, 7) is 8.95. The van der Waals surface area contributed by atoms with E-state index in [-0.39, 0.29) is 11.3 Å². The molecule has 1 fully saturated rings. The Labute approximate surface area is 172 Å². The molecule has 0 N–H and O–H groups in total. The molecule has 3 aromatic rings. The van der Waals surface area contributed by atoms with Gasteiger partial charge in [-0.2, -0.15) is 0 Å². The minimum atomic E-state index is 0.114. The number of amides is 1. The molecule has 2 heterocycles. The van der Waals surface area contributed by atoms with Gasteiger partial charge in [0, 0.05) is 13.1 Å². The van der Waals surface area contributed by atoms with Gasteiger partial charge in [-0.25, -0.2) is 4.98 Å². The van der Waals surface area contributed by atoms with E-state index >= 15 is 0 Å². The Balaban J connectivity index is 1.54. The van der Waals surface area contributed by atoms with Crippen LogP contribution < -0.4 is 4.74 Å². The molecule has 0 unspecified atom stereocenters. The molecule has 1 aromatic heterocycles. The molecule has 4 rings (SSSR count). The number of ether oxygens (including phenoxy) is 1. The summed E-state index contributed by atoms with van der Waals surface area (Å²) in [5.74, 6) is 1.74. The molecule has 5 heteroatoms. The molecule has 0 aliphatic carbocycles. The number of rotatable bonds is 5. The lowest BCUT2D eigenvalue weighted by molar-refractivity contribution is -0.130. The van der Waals surface area contributed by atoms with Crippen molar-refractivity contribution >= 4 is 16.9 Å². The van der Waals surface area contributed by atoms with Crippen molar-refractivity contribution in [3.8, 4) is 5.75 Å². The van der Waals surface area contributed by atoms with Crippen molar-refractivity contribution in [1.82, 2.24) is 14.5 Å². The number of imidazole rings is 1. The predicted molar refractivity (Wildman–Crippen MR) is 115 cm³/mol. The van der Waals surface area contributed by atoms with E-state index in [0.29, 0.717) is 13.2 Å². The Morgan fingerprint density at radius 1 is 1.03 bits per heavy atom. The first-order chi connectivity index (χ1) is 13.9. The minimum Gasteiger partial charge on any atom is -0.486 e. The SMILES string of the molecule is CC(C)(C)c1ccc(OCc2nc3ccccc3n2CC(=O)N2CCCC2)cc1. The summed E-state index contributed by atoms with van der Waals surface area (Å²) in [4.78, 5) is 19.4. The van der Waals surface area contributed by atoms with Gasteiger partial charge in [0.15, 0.2) is 0 Å². The van der Waals surface area contributed by atoms with Crippen LogP contribution in [0.25, 0.3) is 11.0 Å². The van der Waals surface area contributed by atoms with Crippen molar-refractivity contribution in [2.45, 2.75) is 52.2 Å². The standard InChI is InChI=1S/C24H29N3O2/c1-24(2,3)18-10-12-19(13-11-18)29-17-22-25-20-8-4-5-9-21(20)27(22)16-23(28)26-14-6-7-15-26/h4-5,8-13H,6-7,14-17H2,1-3H3. The maximum Gasteiger partial charge on any atom is 0.242 e. The molecule has 0 bridgehead atoms. The van der Waals surface area contributed by atoms with E-state index in [4.69, 9.17) is 9.72 Å². The van der Waals surface area contributed by atoms with Crippen LogP contribution in [0.15, 0.2) is 48.5 Å². The second-order valence-electron chi connectivity index (χ2n) is 8.75. The van der Waals surface area contributed by atoms with Crippen LogP contribution >= 0.6 is 0 Å². The van der Waals surface area contributed by atoms with Crippen LogP contribution in [-0.2, 0) is 23.4 Å². The summed E-state index contributed by atoms with van der Waals surface area (Å²) in [6, 6.07) is 16.2. The number of carbonyl (C=O) groups excluding carboxylic acids is 1. The van der Waals surface area contributed by atoms with Crippen LogP contribution in [0.5, 0.6) is 5.75 Å². The van der Waals surface area contributed by atoms with Gasteiger partial charge in [-0.1, -0.05) is 45.0 Å². The Kier molecular flexibility index (Phi) is 5.31. The Morgan fingerprint density at radius 2 is 1.72 bits per heavy atom. The molecule has 0 radical (unpaired) electrons. The van der Waals surface area contributed by atoms with Crippen molar-refractivity contribution in [3.05, 3.63) is 59.9 Å². The van der Waals surface area contributed by atoms with Gasteiger partial charge in [0.05, 0.1) is 11.0 Å². The van der Waals surface area contributed by atoms with Gasteiger partial charge >= 0.3 is 0 Å². The highest BCUT2D eigenvalue weighted by atomic mass is 16.5. The summed E-state index contributed by atoms with van der Waals surface area (Å²) in [5.41, 5.74) is 3.25. The molecule has 152 valence electrons. The maximum atomic E-state index is 12.8. The Morgan fingerprint density at radius 3 is 2.41 bits per heavy atom. The van der Waals surface area contributed by atoms with Gasteiger partial charge in [0.2, 0.25) is 5.91 Å². The maximum absolute atomic E-state index is 12.8. The zero-order valence-electron chi connectivity index (χ0n) is 17.5. The number of likely N-dealkylation sites (tertiary alicyclic amines) is 1. The first-order valence-electron chi connectivity index (χ1n) is 10.4. The van der Waals surface area contributed by atoms with Crippen LogP contribution in [0.2, 0.25) is 0 Å². The fourth-order valence-electron chi connectivity index (χ4n) is 3.81. The zero-order chi connectivity index (χ0) is 20.4. The number of para-hydroxylation sites is 2. The first kappa shape index (κ1) is 19.5. The third-order valence-electron chi connectivity index (χ3n) is 5.57. The van der Waals surface area contributed by atoms with E-state index < -0.39 is 0 Å². The molecule has 1 aliphatic heterocycles. The van der Waals surface area contributed by atoms with Crippen LogP contribution in [0.3, 0.4) is 0 Å². The lowest BCUT2D eigenvalue weighted by Gasteiger charge is -2.19. The molecule has 1 saturated heterocycles. The summed E-state index contributed by atoms with van der Waals surface area (Å²) >= 11 is 0. The number of carbonyl (C=O) groups is 1. The number of fused-ring (bicyclic) bond motifs is 1. The van der Waals surface area contributed by atoms with E-state index in [2.05, 4.69) is 32.9 Å². The van der Waals surface area contributed by atoms with Gasteiger partial charge < -0.3 is 14.2 Å². The fraction of sp³-hybridized carbons (Fsp3) is 0.417. The second-order valence-corrected chi connectivity index (χ2v) is 8.75.